The van der Waals surface area contributed by atoms with Crippen LogP contribution in [0, 0.1) is 6.92 Å². The fraction of sp³-hybridized carbons (Fsp3) is 0.267. The Kier molecular flexibility index (Phi) is 4.90. The van der Waals surface area contributed by atoms with E-state index in [0.717, 1.165) is 28.6 Å². The molecule has 0 saturated heterocycles. The molecule has 2 rings (SSSR count). The van der Waals surface area contributed by atoms with Crippen molar-refractivity contribution in [3.63, 3.8) is 0 Å². The van der Waals surface area contributed by atoms with E-state index < -0.39 is 0 Å². The van der Waals surface area contributed by atoms with Gasteiger partial charge in [0.1, 0.15) is 11.6 Å². The zero-order valence-corrected chi connectivity index (χ0v) is 13.6. The van der Waals surface area contributed by atoms with E-state index in [1.807, 2.05) is 13.0 Å². The van der Waals surface area contributed by atoms with E-state index in [1.165, 1.54) is 0 Å². The molecule has 0 spiro atoms. The lowest BCUT2D eigenvalue weighted by molar-refractivity contribution is 0.102. The van der Waals surface area contributed by atoms with Crippen LogP contribution in [0.15, 0.2) is 28.9 Å². The molecule has 21 heavy (non-hydrogen) atoms. The highest BCUT2D eigenvalue weighted by Crippen LogP contribution is 2.18. The van der Waals surface area contributed by atoms with Gasteiger partial charge in [0.25, 0.3) is 5.91 Å². The second-order valence-corrected chi connectivity index (χ2v) is 5.71. The number of aryl methyl sites for hydroxylation is 2. The van der Waals surface area contributed by atoms with Crippen LogP contribution in [0.1, 0.15) is 35.0 Å². The Labute approximate surface area is 132 Å². The van der Waals surface area contributed by atoms with Crippen molar-refractivity contribution in [1.29, 1.82) is 0 Å². The van der Waals surface area contributed by atoms with Crippen LogP contribution >= 0.6 is 15.9 Å². The van der Waals surface area contributed by atoms with Crippen molar-refractivity contribution in [3.8, 4) is 0 Å². The van der Waals surface area contributed by atoms with Crippen LogP contribution in [0.5, 0.6) is 0 Å². The van der Waals surface area contributed by atoms with Gasteiger partial charge in [-0.05, 0) is 53.0 Å². The van der Waals surface area contributed by atoms with E-state index in [9.17, 15) is 4.79 Å². The lowest BCUT2D eigenvalue weighted by Crippen LogP contribution is -2.15. The van der Waals surface area contributed by atoms with Crippen LogP contribution in [0.2, 0.25) is 0 Å². The fourth-order valence-corrected chi connectivity index (χ4v) is 2.42. The van der Waals surface area contributed by atoms with Gasteiger partial charge in [-0.25, -0.2) is 9.97 Å². The molecule has 0 fully saturated rings. The van der Waals surface area contributed by atoms with Crippen molar-refractivity contribution in [2.24, 2.45) is 0 Å². The van der Waals surface area contributed by atoms with E-state index in [0.29, 0.717) is 17.2 Å². The fourth-order valence-electron chi connectivity index (χ4n) is 1.98. The van der Waals surface area contributed by atoms with Crippen molar-refractivity contribution in [3.05, 3.63) is 45.7 Å². The molecule has 0 bridgehead atoms. The minimum absolute atomic E-state index is 0.237. The molecular formula is C15H17BrN4O. The molecule has 110 valence electrons. The first-order valence-electron chi connectivity index (χ1n) is 6.69. The molecule has 2 aromatic heterocycles. The third kappa shape index (κ3) is 4.01. The maximum Gasteiger partial charge on any atom is 0.257 e. The smallest absolute Gasteiger partial charge is 0.257 e. The molecule has 0 atom stereocenters. The number of hydrogen-bond donors (Lipinski definition) is 2. The van der Waals surface area contributed by atoms with Crippen LogP contribution in [0.3, 0.4) is 0 Å². The number of amides is 1. The number of carbonyl (C=O) groups is 1. The minimum Gasteiger partial charge on any atom is -0.384 e. The maximum absolute atomic E-state index is 12.3. The van der Waals surface area contributed by atoms with Gasteiger partial charge in [0, 0.05) is 21.9 Å². The van der Waals surface area contributed by atoms with Gasteiger partial charge in [-0.2, -0.15) is 0 Å². The molecule has 0 unspecified atom stereocenters. The van der Waals surface area contributed by atoms with Crippen LogP contribution < -0.4 is 11.1 Å². The monoisotopic (exact) mass is 348 g/mol. The van der Waals surface area contributed by atoms with Crippen LogP contribution in [-0.2, 0) is 6.42 Å². The highest BCUT2D eigenvalue weighted by Gasteiger charge is 2.11. The Bertz CT molecular complexity index is 673. The number of hydrogen-bond acceptors (Lipinski definition) is 4. The number of nitrogen functional groups attached to an aromatic ring is 1. The standard InChI is InChI=1S/C15H17BrN4O/c1-3-4-12-6-10(7-13(17)19-12)15(21)20-14-9(2)5-11(16)8-18-14/h5-8H,3-4H2,1-2H3,(H2,17,19)(H,18,20,21). The SMILES string of the molecule is CCCc1cc(C(=O)Nc2ncc(Br)cc2C)cc(N)n1. The Balaban J connectivity index is 2.23. The summed E-state index contributed by atoms with van der Waals surface area (Å²) in [6, 6.07) is 5.23. The normalized spacial score (nSPS) is 10.4. The summed E-state index contributed by atoms with van der Waals surface area (Å²) < 4.78 is 0.872. The van der Waals surface area contributed by atoms with Gasteiger partial charge in [-0.3, -0.25) is 4.79 Å². The molecule has 6 heteroatoms. The third-order valence-corrected chi connectivity index (χ3v) is 3.38. The largest absolute Gasteiger partial charge is 0.384 e. The van der Waals surface area contributed by atoms with E-state index in [1.54, 1.807) is 18.3 Å². The predicted octanol–water partition coefficient (Wildman–Crippen LogP) is 3.33. The van der Waals surface area contributed by atoms with Crippen LogP contribution in [0.4, 0.5) is 11.6 Å². The summed E-state index contributed by atoms with van der Waals surface area (Å²) >= 11 is 3.34. The summed E-state index contributed by atoms with van der Waals surface area (Å²) in [6.45, 7) is 3.94. The van der Waals surface area contributed by atoms with Gasteiger partial charge in [0.15, 0.2) is 0 Å². The molecular weight excluding hydrogens is 332 g/mol. The first-order chi connectivity index (χ1) is 9.99. The quantitative estimate of drug-likeness (QED) is 0.887. The van der Waals surface area contributed by atoms with Gasteiger partial charge in [-0.1, -0.05) is 13.3 Å². The summed E-state index contributed by atoms with van der Waals surface area (Å²) in [5.74, 6) is 0.654. The Hall–Kier alpha value is -1.95. The average molecular weight is 349 g/mol. The van der Waals surface area contributed by atoms with Gasteiger partial charge < -0.3 is 11.1 Å². The molecule has 5 nitrogen and oxygen atoms in total. The topological polar surface area (TPSA) is 80.9 Å². The number of halogens is 1. The second kappa shape index (κ2) is 6.67. The molecule has 0 aliphatic carbocycles. The van der Waals surface area contributed by atoms with Gasteiger partial charge >= 0.3 is 0 Å². The molecule has 0 aromatic carbocycles. The van der Waals surface area contributed by atoms with E-state index in [-0.39, 0.29) is 5.91 Å². The van der Waals surface area contributed by atoms with E-state index >= 15 is 0 Å². The average Bonchev–Trinajstić information content (AvgIpc) is 2.41. The number of rotatable bonds is 4. The van der Waals surface area contributed by atoms with Crippen LogP contribution in [0.25, 0.3) is 0 Å². The van der Waals surface area contributed by atoms with E-state index in [4.69, 9.17) is 5.73 Å². The Morgan fingerprint density at radius 1 is 1.38 bits per heavy atom. The molecule has 2 heterocycles. The molecule has 0 radical (unpaired) electrons. The van der Waals surface area contributed by atoms with Gasteiger partial charge in [-0.15, -0.1) is 0 Å². The predicted molar refractivity (Wildman–Crippen MR) is 87.3 cm³/mol. The lowest BCUT2D eigenvalue weighted by atomic mass is 10.1. The van der Waals surface area contributed by atoms with Crippen molar-refractivity contribution in [1.82, 2.24) is 9.97 Å². The van der Waals surface area contributed by atoms with E-state index in [2.05, 4.69) is 38.1 Å². The van der Waals surface area contributed by atoms with Crippen molar-refractivity contribution in [2.45, 2.75) is 26.7 Å². The second-order valence-electron chi connectivity index (χ2n) is 4.80. The molecule has 0 saturated carbocycles. The van der Waals surface area contributed by atoms with Crippen molar-refractivity contribution in [2.75, 3.05) is 11.1 Å². The number of pyridine rings is 2. The summed E-state index contributed by atoms with van der Waals surface area (Å²) in [5.41, 5.74) is 7.96. The number of nitrogens with zero attached hydrogens (tertiary/aromatic N) is 2. The highest BCUT2D eigenvalue weighted by atomic mass is 79.9. The Morgan fingerprint density at radius 2 is 2.14 bits per heavy atom. The number of carbonyl (C=O) groups excluding carboxylic acids is 1. The zero-order valence-electron chi connectivity index (χ0n) is 12.0. The summed E-state index contributed by atoms with van der Waals surface area (Å²) in [4.78, 5) is 20.7. The summed E-state index contributed by atoms with van der Waals surface area (Å²) in [7, 11) is 0. The van der Waals surface area contributed by atoms with Crippen LogP contribution in [-0.4, -0.2) is 15.9 Å². The molecule has 3 N–H and O–H groups in total. The van der Waals surface area contributed by atoms with Gasteiger partial charge in [0.05, 0.1) is 0 Å². The minimum atomic E-state index is -0.237. The number of aromatic nitrogens is 2. The maximum atomic E-state index is 12.3. The number of anilines is 2. The molecule has 1 amide bonds. The lowest BCUT2D eigenvalue weighted by Gasteiger charge is -2.09. The molecule has 0 aliphatic heterocycles. The van der Waals surface area contributed by atoms with Crippen molar-refractivity contribution < 1.29 is 4.79 Å². The Morgan fingerprint density at radius 3 is 2.81 bits per heavy atom. The first-order valence-corrected chi connectivity index (χ1v) is 7.49. The third-order valence-electron chi connectivity index (χ3n) is 2.94. The zero-order chi connectivity index (χ0) is 15.4. The summed E-state index contributed by atoms with van der Waals surface area (Å²) in [6.07, 6.45) is 3.39. The molecule has 0 aliphatic rings. The van der Waals surface area contributed by atoms with Gasteiger partial charge in [0.2, 0.25) is 0 Å². The highest BCUT2D eigenvalue weighted by molar-refractivity contribution is 9.10. The number of nitrogens with one attached hydrogen (secondary N) is 1. The summed E-state index contributed by atoms with van der Waals surface area (Å²) in [5, 5.41) is 2.80. The molecule has 2 aromatic rings. The number of nitrogens with two attached hydrogens (primary N) is 1. The first kappa shape index (κ1) is 15.4. The van der Waals surface area contributed by atoms with Crippen molar-refractivity contribution >= 4 is 33.5 Å².